The van der Waals surface area contributed by atoms with E-state index >= 15 is 0 Å². The van der Waals surface area contributed by atoms with Gasteiger partial charge in [0.15, 0.2) is 5.11 Å². The molecule has 1 atom stereocenters. The first-order valence-electron chi connectivity index (χ1n) is 14.0. The Hall–Kier alpha value is -0.960. The molecule has 3 N–H and O–H groups in total. The number of hydrogen-bond acceptors (Lipinski definition) is 2. The Bertz CT molecular complexity index is 838. The lowest BCUT2D eigenvalue weighted by atomic mass is 10.0. The van der Waals surface area contributed by atoms with Crippen LogP contribution in [0.15, 0.2) is 24.3 Å². The molecule has 1 aromatic rings. The summed E-state index contributed by atoms with van der Waals surface area (Å²) in [5, 5.41) is 7.79. The van der Waals surface area contributed by atoms with E-state index in [2.05, 4.69) is 22.9 Å². The second kappa shape index (κ2) is 20.0. The molecule has 0 aliphatic heterocycles. The summed E-state index contributed by atoms with van der Waals surface area (Å²) in [6, 6.07) is 4.53. The summed E-state index contributed by atoms with van der Waals surface area (Å²) in [5.74, 6) is -0.310. The summed E-state index contributed by atoms with van der Waals surface area (Å²) < 4.78 is 36.9. The molecule has 0 saturated heterocycles. The lowest BCUT2D eigenvalue weighted by Crippen LogP contribution is -2.56. The maximum absolute atomic E-state index is 12.9. The van der Waals surface area contributed by atoms with Crippen molar-refractivity contribution in [2.75, 3.05) is 5.32 Å². The number of nitrogens with one attached hydrogen (secondary N) is 3. The number of thiocarbonyl (C=S) groups is 1. The molecule has 1 rings (SSSR count). The second-order valence-corrected chi connectivity index (χ2v) is 12.7. The first-order valence-corrected chi connectivity index (χ1v) is 15.6. The number of rotatable bonds is 19. The minimum atomic E-state index is -4.49. The van der Waals surface area contributed by atoms with Crippen LogP contribution in [0.4, 0.5) is 18.9 Å². The number of halogens is 6. The van der Waals surface area contributed by atoms with Gasteiger partial charge in [-0.2, -0.15) is 13.2 Å². The van der Waals surface area contributed by atoms with Crippen LogP contribution in [-0.2, 0) is 11.0 Å². The highest BCUT2D eigenvalue weighted by atomic mass is 35.6. The fraction of sp³-hybridized carbons (Fsp3) is 0.714. The van der Waals surface area contributed by atoms with E-state index in [-0.39, 0.29) is 23.1 Å². The van der Waals surface area contributed by atoms with Gasteiger partial charge in [-0.25, -0.2) is 0 Å². The van der Waals surface area contributed by atoms with Gasteiger partial charge in [-0.1, -0.05) is 138 Å². The maximum Gasteiger partial charge on any atom is 0.416 e. The normalized spacial score (nSPS) is 12.7. The van der Waals surface area contributed by atoms with Crippen molar-refractivity contribution in [2.24, 2.45) is 0 Å². The highest BCUT2D eigenvalue weighted by molar-refractivity contribution is 7.80. The molecule has 0 saturated carbocycles. The molecule has 0 aromatic heterocycles. The average Bonchev–Trinajstić information content (AvgIpc) is 2.85. The Morgan fingerprint density at radius 1 is 0.821 bits per heavy atom. The number of unbranched alkanes of at least 4 members (excludes halogenated alkanes) is 14. The minimum Gasteiger partial charge on any atom is -0.339 e. The predicted molar refractivity (Wildman–Crippen MR) is 163 cm³/mol. The average molecular weight is 633 g/mol. The van der Waals surface area contributed by atoms with E-state index in [9.17, 15) is 18.0 Å². The molecule has 1 unspecified atom stereocenters. The van der Waals surface area contributed by atoms with Gasteiger partial charge in [-0.05, 0) is 36.8 Å². The van der Waals surface area contributed by atoms with Gasteiger partial charge in [-0.3, -0.25) is 4.79 Å². The van der Waals surface area contributed by atoms with Crippen molar-refractivity contribution in [3.63, 3.8) is 0 Å². The lowest BCUT2D eigenvalue weighted by molar-refractivity contribution is -0.137. The van der Waals surface area contributed by atoms with Gasteiger partial charge in [0.25, 0.3) is 0 Å². The smallest absolute Gasteiger partial charge is 0.339 e. The number of anilines is 1. The zero-order valence-electron chi connectivity index (χ0n) is 22.8. The van der Waals surface area contributed by atoms with E-state index in [1.54, 1.807) is 0 Å². The van der Waals surface area contributed by atoms with Crippen molar-refractivity contribution < 1.29 is 18.0 Å². The Labute approximate surface area is 252 Å². The van der Waals surface area contributed by atoms with Crippen LogP contribution in [0.1, 0.15) is 115 Å². The Morgan fingerprint density at radius 2 is 1.31 bits per heavy atom. The quantitative estimate of drug-likeness (QED) is 0.0615. The zero-order chi connectivity index (χ0) is 29.2. The number of carbonyl (C=O) groups excluding carboxylic acids is 1. The Balaban J connectivity index is 2.22. The van der Waals surface area contributed by atoms with Crippen LogP contribution in [-0.4, -0.2) is 21.0 Å². The standard InChI is InChI=1S/C28H43Cl3F3N3OS/c1-2-3-4-5-6-7-8-9-10-11-12-13-14-15-16-20-24(38)36-25(27(29,30)31)37-26(39)35-23-19-17-18-22(21-23)28(32,33)34/h17-19,21,25H,2-16,20H2,1H3,(H,36,38)(H2,35,37,39). The topological polar surface area (TPSA) is 53.2 Å². The second-order valence-electron chi connectivity index (χ2n) is 9.92. The molecular formula is C28H43Cl3F3N3OS. The zero-order valence-corrected chi connectivity index (χ0v) is 25.9. The molecule has 1 aromatic carbocycles. The van der Waals surface area contributed by atoms with Gasteiger partial charge < -0.3 is 16.0 Å². The van der Waals surface area contributed by atoms with Gasteiger partial charge in [0.1, 0.15) is 6.17 Å². The van der Waals surface area contributed by atoms with Crippen LogP contribution in [0.25, 0.3) is 0 Å². The molecule has 0 aliphatic rings. The number of carbonyl (C=O) groups is 1. The summed E-state index contributed by atoms with van der Waals surface area (Å²) >= 11 is 23.1. The van der Waals surface area contributed by atoms with Crippen LogP contribution in [0, 0.1) is 0 Å². The number of amides is 1. The van der Waals surface area contributed by atoms with E-state index in [1.165, 1.54) is 82.8 Å². The highest BCUT2D eigenvalue weighted by Gasteiger charge is 2.35. The summed E-state index contributed by atoms with van der Waals surface area (Å²) in [7, 11) is 0. The van der Waals surface area contributed by atoms with Crippen LogP contribution < -0.4 is 16.0 Å². The van der Waals surface area contributed by atoms with Crippen molar-refractivity contribution in [2.45, 2.75) is 126 Å². The summed E-state index contributed by atoms with van der Waals surface area (Å²) in [6.07, 6.45) is 13.1. The van der Waals surface area contributed by atoms with Crippen LogP contribution >= 0.6 is 47.0 Å². The van der Waals surface area contributed by atoms with E-state index in [0.717, 1.165) is 31.4 Å². The fourth-order valence-corrected chi connectivity index (χ4v) is 4.72. The molecule has 224 valence electrons. The van der Waals surface area contributed by atoms with Gasteiger partial charge in [0, 0.05) is 12.1 Å². The summed E-state index contributed by atoms with van der Waals surface area (Å²) in [5.41, 5.74) is -0.723. The third kappa shape index (κ3) is 18.2. The minimum absolute atomic E-state index is 0.0991. The fourth-order valence-electron chi connectivity index (χ4n) is 4.16. The third-order valence-corrected chi connectivity index (χ3v) is 7.24. The van der Waals surface area contributed by atoms with Crippen LogP contribution in [0.3, 0.4) is 0 Å². The largest absolute Gasteiger partial charge is 0.416 e. The molecular weight excluding hydrogens is 590 g/mol. The van der Waals surface area contributed by atoms with Crippen LogP contribution in [0.2, 0.25) is 0 Å². The number of alkyl halides is 6. The SMILES string of the molecule is CCCCCCCCCCCCCCCCCC(=O)NC(NC(=S)Nc1cccc(C(F)(F)F)c1)C(Cl)(Cl)Cl. The highest BCUT2D eigenvalue weighted by Crippen LogP contribution is 2.31. The van der Waals surface area contributed by atoms with E-state index in [1.807, 2.05) is 0 Å². The Morgan fingerprint density at radius 3 is 1.77 bits per heavy atom. The monoisotopic (exact) mass is 631 g/mol. The predicted octanol–water partition coefficient (Wildman–Crippen LogP) is 10.1. The van der Waals surface area contributed by atoms with E-state index < -0.39 is 21.7 Å². The lowest BCUT2D eigenvalue weighted by Gasteiger charge is -2.28. The summed E-state index contributed by atoms with van der Waals surface area (Å²) in [4.78, 5) is 12.4. The molecule has 1 amide bonds. The molecule has 0 fully saturated rings. The number of hydrogen-bond donors (Lipinski definition) is 3. The van der Waals surface area contributed by atoms with E-state index in [4.69, 9.17) is 47.0 Å². The number of benzene rings is 1. The van der Waals surface area contributed by atoms with Crippen molar-refractivity contribution in [1.29, 1.82) is 0 Å². The maximum atomic E-state index is 12.9. The van der Waals surface area contributed by atoms with Crippen molar-refractivity contribution in [3.05, 3.63) is 29.8 Å². The first-order chi connectivity index (χ1) is 18.4. The van der Waals surface area contributed by atoms with Gasteiger partial charge >= 0.3 is 6.18 Å². The van der Waals surface area contributed by atoms with Gasteiger partial charge in [-0.15, -0.1) is 0 Å². The van der Waals surface area contributed by atoms with Crippen LogP contribution in [0.5, 0.6) is 0 Å². The summed E-state index contributed by atoms with van der Waals surface area (Å²) in [6.45, 7) is 2.24. The van der Waals surface area contributed by atoms with Gasteiger partial charge in [0.2, 0.25) is 9.70 Å². The van der Waals surface area contributed by atoms with Crippen molar-refractivity contribution in [1.82, 2.24) is 10.6 Å². The molecule has 11 heteroatoms. The van der Waals surface area contributed by atoms with Crippen molar-refractivity contribution >= 4 is 63.7 Å². The Kier molecular flexibility index (Phi) is 18.5. The molecule has 0 heterocycles. The first kappa shape index (κ1) is 36.1. The third-order valence-electron chi connectivity index (χ3n) is 6.36. The van der Waals surface area contributed by atoms with Gasteiger partial charge in [0.05, 0.1) is 5.56 Å². The molecule has 0 aliphatic carbocycles. The molecule has 0 spiro atoms. The molecule has 4 nitrogen and oxygen atoms in total. The van der Waals surface area contributed by atoms with E-state index in [0.29, 0.717) is 6.42 Å². The molecule has 0 radical (unpaired) electrons. The van der Waals surface area contributed by atoms with Crippen molar-refractivity contribution in [3.8, 4) is 0 Å². The molecule has 0 bridgehead atoms. The molecule has 39 heavy (non-hydrogen) atoms.